The third-order valence-corrected chi connectivity index (χ3v) is 3.74. The summed E-state index contributed by atoms with van der Waals surface area (Å²) in [4.78, 5) is 35.7. The van der Waals surface area contributed by atoms with Crippen molar-refractivity contribution in [3.63, 3.8) is 0 Å². The van der Waals surface area contributed by atoms with Gasteiger partial charge in [0.15, 0.2) is 0 Å². The van der Waals surface area contributed by atoms with Crippen molar-refractivity contribution in [2.75, 3.05) is 27.2 Å². The summed E-state index contributed by atoms with van der Waals surface area (Å²) < 4.78 is 0. The molecule has 1 unspecified atom stereocenters. The highest BCUT2D eigenvalue weighted by atomic mass is 32.2. The Labute approximate surface area is 152 Å². The summed E-state index contributed by atoms with van der Waals surface area (Å²) >= 11 is 0.813. The van der Waals surface area contributed by atoms with Crippen LogP contribution in [-0.4, -0.2) is 59.4 Å². The Morgan fingerprint density at radius 3 is 1.62 bits per heavy atom. The van der Waals surface area contributed by atoms with E-state index < -0.39 is 0 Å². The maximum absolute atomic E-state index is 11.1. The molecule has 2 fully saturated rings. The van der Waals surface area contributed by atoms with Crippen LogP contribution < -0.4 is 5.32 Å². The lowest BCUT2D eigenvalue weighted by atomic mass is 10.1. The van der Waals surface area contributed by atoms with Gasteiger partial charge in [0.25, 0.3) is 5.24 Å². The molecule has 1 atom stereocenters. The van der Waals surface area contributed by atoms with Crippen LogP contribution >= 0.6 is 11.8 Å². The van der Waals surface area contributed by atoms with Crippen LogP contribution in [0.5, 0.6) is 0 Å². The lowest BCUT2D eigenvalue weighted by Gasteiger charge is -2.20. The molecule has 0 aromatic heterocycles. The van der Waals surface area contributed by atoms with Crippen molar-refractivity contribution in [2.24, 2.45) is 11.8 Å². The number of urea groups is 1. The number of hydrogen-bond acceptors (Lipinski definition) is 4. The van der Waals surface area contributed by atoms with Gasteiger partial charge in [-0.15, -0.1) is 0 Å². The molecular weight excluding hydrogens is 326 g/mol. The highest BCUT2D eigenvalue weighted by Gasteiger charge is 2.38. The van der Waals surface area contributed by atoms with E-state index in [9.17, 15) is 14.4 Å². The van der Waals surface area contributed by atoms with Gasteiger partial charge >= 0.3 is 6.03 Å². The molecule has 0 saturated carbocycles. The van der Waals surface area contributed by atoms with Crippen molar-refractivity contribution >= 4 is 28.1 Å². The van der Waals surface area contributed by atoms with Gasteiger partial charge in [0.2, 0.25) is 5.12 Å². The van der Waals surface area contributed by atoms with Gasteiger partial charge in [0, 0.05) is 38.9 Å². The number of thioether (sulfide) groups is 1. The number of likely N-dealkylation sites (N-methyl/N-ethyl adjacent to an activating group) is 2. The van der Waals surface area contributed by atoms with Crippen molar-refractivity contribution in [1.82, 2.24) is 15.1 Å². The van der Waals surface area contributed by atoms with Crippen LogP contribution in [0.3, 0.4) is 0 Å². The molecule has 7 heteroatoms. The van der Waals surface area contributed by atoms with E-state index in [1.165, 1.54) is 4.90 Å². The van der Waals surface area contributed by atoms with Crippen LogP contribution in [-0.2, 0) is 4.79 Å². The number of rotatable bonds is 1. The Balaban J connectivity index is -0.000000296. The molecule has 0 radical (unpaired) electrons. The number of hydrogen-bond donors (Lipinski definition) is 1. The average molecular weight is 364 g/mol. The average Bonchev–Trinajstić information content (AvgIpc) is 2.84. The molecule has 0 spiro atoms. The summed E-state index contributed by atoms with van der Waals surface area (Å²) in [5.41, 5.74) is 0. The van der Waals surface area contributed by atoms with Gasteiger partial charge in [-0.05, 0) is 11.8 Å². The summed E-state index contributed by atoms with van der Waals surface area (Å²) in [6, 6.07) is -0.174. The van der Waals surface area contributed by atoms with Crippen molar-refractivity contribution in [3.05, 3.63) is 0 Å². The smallest absolute Gasteiger partial charge is 0.317 e. The second kappa shape index (κ2) is 13.1. The van der Waals surface area contributed by atoms with Gasteiger partial charge in [-0.2, -0.15) is 0 Å². The molecular formula is C17H37N3O3S. The van der Waals surface area contributed by atoms with Crippen LogP contribution in [0.4, 0.5) is 9.59 Å². The van der Waals surface area contributed by atoms with E-state index in [0.29, 0.717) is 0 Å². The monoisotopic (exact) mass is 363 g/mol. The Morgan fingerprint density at radius 2 is 1.50 bits per heavy atom. The quantitative estimate of drug-likeness (QED) is 0.767. The molecule has 0 aromatic carbocycles. The summed E-state index contributed by atoms with van der Waals surface area (Å²) in [6.45, 7) is 12.0. The number of amides is 3. The molecule has 2 heterocycles. The van der Waals surface area contributed by atoms with Gasteiger partial charge in [-0.3, -0.25) is 9.59 Å². The van der Waals surface area contributed by atoms with E-state index in [4.69, 9.17) is 0 Å². The largest absolute Gasteiger partial charge is 0.336 e. The summed E-state index contributed by atoms with van der Waals surface area (Å²) in [5.74, 6) is 1.05. The zero-order chi connectivity index (χ0) is 17.4. The van der Waals surface area contributed by atoms with Gasteiger partial charge in [-0.1, -0.05) is 49.5 Å². The number of nitrogens with one attached hydrogen (secondary N) is 1. The Bertz CT molecular complexity index is 398. The molecule has 2 saturated heterocycles. The fourth-order valence-electron chi connectivity index (χ4n) is 1.78. The molecule has 3 amide bonds. The molecule has 24 heavy (non-hydrogen) atoms. The fraction of sp³-hybridized carbons (Fsp3) is 0.824. The van der Waals surface area contributed by atoms with Crippen LogP contribution in [0.15, 0.2) is 0 Å². The second-order valence-electron chi connectivity index (χ2n) is 6.37. The number of nitrogens with zero attached hydrogens (tertiary/aromatic N) is 2. The first kappa shape index (κ1) is 27.6. The third kappa shape index (κ3) is 9.80. The minimum absolute atomic E-state index is 0. The third-order valence-electron chi connectivity index (χ3n) is 2.84. The zero-order valence-corrected chi connectivity index (χ0v) is 15.5. The Hall–Kier alpha value is -1.24. The number of carbonyl (C=O) groups excluding carboxylic acids is 3. The zero-order valence-electron chi connectivity index (χ0n) is 14.7. The van der Waals surface area contributed by atoms with E-state index in [1.54, 1.807) is 19.0 Å². The predicted octanol–water partition coefficient (Wildman–Crippen LogP) is 3.91. The van der Waals surface area contributed by atoms with E-state index in [-0.39, 0.29) is 43.2 Å². The van der Waals surface area contributed by atoms with Crippen molar-refractivity contribution in [2.45, 2.75) is 55.5 Å². The lowest BCUT2D eigenvalue weighted by Crippen LogP contribution is -2.35. The highest BCUT2D eigenvalue weighted by molar-refractivity contribution is 8.26. The number of carbonyl (C=O) groups is 3. The molecule has 2 aliphatic heterocycles. The van der Waals surface area contributed by atoms with Gasteiger partial charge in [-0.25, -0.2) is 4.79 Å². The standard InChI is InChI=1S/C7H11NO2S.C4H8N2O.C4H10.2CH4/c1-4(2)5-6(9)11-7(10)8(5)3;1-6-3-2-5-4(6)7;1-4(2)3;;/h4-5H,1-3H3;2-3H2,1H3,(H,5,7);4H,1-3H3;2*1H4. The van der Waals surface area contributed by atoms with E-state index >= 15 is 0 Å². The molecule has 6 nitrogen and oxygen atoms in total. The molecule has 144 valence electrons. The normalized spacial score (nSPS) is 19.0. The SMILES string of the molecule is C.C.CC(C)C.CC(C)C1C(=O)SC(=O)N1C.CN1CCNC1=O. The first-order chi connectivity index (χ1) is 10.1. The van der Waals surface area contributed by atoms with Gasteiger partial charge in [0.1, 0.15) is 6.04 Å². The first-order valence-corrected chi connectivity index (χ1v) is 8.37. The topological polar surface area (TPSA) is 69.7 Å². The van der Waals surface area contributed by atoms with Crippen LogP contribution in [0.25, 0.3) is 0 Å². The van der Waals surface area contributed by atoms with E-state index in [1.807, 2.05) is 13.8 Å². The van der Waals surface area contributed by atoms with Crippen LogP contribution in [0.1, 0.15) is 49.5 Å². The molecule has 0 aliphatic carbocycles. The minimum Gasteiger partial charge on any atom is -0.336 e. The fourth-order valence-corrected chi connectivity index (χ4v) is 2.76. The summed E-state index contributed by atoms with van der Waals surface area (Å²) in [7, 11) is 3.45. The highest BCUT2D eigenvalue weighted by Crippen LogP contribution is 2.28. The molecule has 0 bridgehead atoms. The van der Waals surface area contributed by atoms with Gasteiger partial charge < -0.3 is 15.1 Å². The Morgan fingerprint density at radius 1 is 1.04 bits per heavy atom. The molecule has 1 N–H and O–H groups in total. The van der Waals surface area contributed by atoms with E-state index in [0.717, 1.165) is 30.8 Å². The van der Waals surface area contributed by atoms with Crippen molar-refractivity contribution in [3.8, 4) is 0 Å². The van der Waals surface area contributed by atoms with Crippen LogP contribution in [0, 0.1) is 11.8 Å². The summed E-state index contributed by atoms with van der Waals surface area (Å²) in [5, 5.41) is 2.50. The Kier molecular flexibility index (Phi) is 15.1. The second-order valence-corrected chi connectivity index (χ2v) is 7.33. The molecule has 2 rings (SSSR count). The summed E-state index contributed by atoms with van der Waals surface area (Å²) in [6.07, 6.45) is 0. The first-order valence-electron chi connectivity index (χ1n) is 7.55. The van der Waals surface area contributed by atoms with Crippen LogP contribution in [0.2, 0.25) is 0 Å². The van der Waals surface area contributed by atoms with Crippen molar-refractivity contribution in [1.29, 1.82) is 0 Å². The molecule has 0 aromatic rings. The predicted molar refractivity (Wildman–Crippen MR) is 104 cm³/mol. The maximum Gasteiger partial charge on any atom is 0.317 e. The lowest BCUT2D eigenvalue weighted by molar-refractivity contribution is -0.114. The van der Waals surface area contributed by atoms with E-state index in [2.05, 4.69) is 26.1 Å². The van der Waals surface area contributed by atoms with Gasteiger partial charge in [0.05, 0.1) is 0 Å². The molecule has 2 aliphatic rings. The maximum atomic E-state index is 11.1. The van der Waals surface area contributed by atoms with Crippen molar-refractivity contribution < 1.29 is 14.4 Å². The minimum atomic E-state index is -0.215.